The topological polar surface area (TPSA) is 115 Å². The lowest BCUT2D eigenvalue weighted by Crippen LogP contribution is -2.41. The molecule has 1 aliphatic carbocycles. The number of carbonyl (C=O) groups is 2. The van der Waals surface area contributed by atoms with Crippen molar-refractivity contribution in [1.29, 1.82) is 0 Å². The van der Waals surface area contributed by atoms with Crippen molar-refractivity contribution in [2.75, 3.05) is 23.3 Å². The lowest BCUT2D eigenvalue weighted by Gasteiger charge is -2.32. The Morgan fingerprint density at radius 1 is 1.00 bits per heavy atom. The molecule has 1 aliphatic heterocycles. The van der Waals surface area contributed by atoms with Gasteiger partial charge in [0.05, 0.1) is 27.7 Å². The number of fused-ring (bicyclic) bond motifs is 1. The van der Waals surface area contributed by atoms with Crippen molar-refractivity contribution >= 4 is 63.6 Å². The highest BCUT2D eigenvalue weighted by atomic mass is 35.5. The van der Waals surface area contributed by atoms with Gasteiger partial charge in [0.2, 0.25) is 11.9 Å². The zero-order chi connectivity index (χ0) is 34.3. The second kappa shape index (κ2) is 13.6. The molecule has 1 saturated heterocycles. The quantitative estimate of drug-likeness (QED) is 0.149. The van der Waals surface area contributed by atoms with E-state index in [0.29, 0.717) is 18.6 Å². The van der Waals surface area contributed by atoms with E-state index in [1.807, 2.05) is 0 Å². The van der Waals surface area contributed by atoms with Crippen LogP contribution in [0.2, 0.25) is 10.0 Å². The van der Waals surface area contributed by atoms with E-state index in [4.69, 9.17) is 23.2 Å². The number of hydrogen-bond donors (Lipinski definition) is 4. The Morgan fingerprint density at radius 3 is 2.28 bits per heavy atom. The predicted molar refractivity (Wildman–Crippen MR) is 171 cm³/mol. The molecule has 0 atom stereocenters. The largest absolute Gasteiger partial charge is 0.391 e. The van der Waals surface area contributed by atoms with E-state index in [0.717, 1.165) is 6.07 Å². The number of benzene rings is 1. The van der Waals surface area contributed by atoms with Gasteiger partial charge in [0.1, 0.15) is 22.8 Å². The molecule has 3 aromatic rings. The van der Waals surface area contributed by atoms with Crippen LogP contribution >= 0.6 is 23.2 Å². The summed E-state index contributed by atoms with van der Waals surface area (Å²) in [4.78, 5) is 39.8. The number of alkyl halides is 4. The van der Waals surface area contributed by atoms with Crippen molar-refractivity contribution in [2.45, 2.75) is 84.2 Å². The number of rotatable bonds is 7. The third-order valence-electron chi connectivity index (χ3n) is 8.54. The van der Waals surface area contributed by atoms with Crippen molar-refractivity contribution < 1.29 is 31.5 Å². The fourth-order valence-electron chi connectivity index (χ4n) is 5.74. The highest BCUT2D eigenvalue weighted by Crippen LogP contribution is 2.39. The van der Waals surface area contributed by atoms with E-state index in [1.54, 1.807) is 25.7 Å². The Balaban J connectivity index is 1.42. The van der Waals surface area contributed by atoms with Crippen molar-refractivity contribution in [2.24, 2.45) is 11.3 Å². The van der Waals surface area contributed by atoms with Crippen molar-refractivity contribution in [3.05, 3.63) is 39.1 Å². The summed E-state index contributed by atoms with van der Waals surface area (Å²) in [5, 5.41) is 8.20. The maximum Gasteiger partial charge on any atom is 0.391 e. The third-order valence-corrected chi connectivity index (χ3v) is 9.34. The second-order valence-electron chi connectivity index (χ2n) is 13.1. The zero-order valence-corrected chi connectivity index (χ0v) is 27.6. The van der Waals surface area contributed by atoms with Gasteiger partial charge in [0, 0.05) is 31.1 Å². The molecule has 9 nitrogen and oxygen atoms in total. The maximum atomic E-state index is 14.9. The SMILES string of the molecule is CC(C)(C)C(=O)NCc1cc(F)c(Cl)c(Nc2nc3nc(N4CCC(F)CC4)c(C(=O)NC4CCC(C(F)(F)F)CC4)cc3[nH]2)c1Cl. The van der Waals surface area contributed by atoms with Crippen LogP contribution in [0.3, 0.4) is 0 Å². The van der Waals surface area contributed by atoms with Crippen LogP contribution in [0.4, 0.5) is 39.4 Å². The van der Waals surface area contributed by atoms with Crippen molar-refractivity contribution in [3.8, 4) is 0 Å². The van der Waals surface area contributed by atoms with Crippen LogP contribution in [0.1, 0.15) is 75.2 Å². The number of nitrogens with one attached hydrogen (secondary N) is 4. The van der Waals surface area contributed by atoms with E-state index in [-0.39, 0.29) is 95.2 Å². The van der Waals surface area contributed by atoms with Gasteiger partial charge >= 0.3 is 6.18 Å². The van der Waals surface area contributed by atoms with Crippen LogP contribution in [0.5, 0.6) is 0 Å². The highest BCUT2D eigenvalue weighted by molar-refractivity contribution is 6.39. The van der Waals surface area contributed by atoms with Gasteiger partial charge in [-0.05, 0) is 56.2 Å². The first-order valence-electron chi connectivity index (χ1n) is 15.4. The average Bonchev–Trinajstić information content (AvgIpc) is 3.41. The van der Waals surface area contributed by atoms with Crippen LogP contribution in [0, 0.1) is 17.2 Å². The summed E-state index contributed by atoms with van der Waals surface area (Å²) in [6.45, 7) is 5.75. The Hall–Kier alpha value is -3.39. The standard InChI is InChI=1S/C31H36Cl2F5N7O2/c1-30(2,3)28(47)39-14-15-12-20(35)23(33)24(22(15)32)42-29-41-21-13-19(26(43-25(21)44-29)45-10-8-17(34)9-11-45)27(46)40-18-6-4-16(5-7-18)31(36,37)38/h12-13,16-18H,4-11,14H2,1-3H3,(H,39,47)(H,40,46)(H2,41,42,43,44). The van der Waals surface area contributed by atoms with Gasteiger partial charge in [-0.25, -0.2) is 13.8 Å². The summed E-state index contributed by atoms with van der Waals surface area (Å²) >= 11 is 12.9. The smallest absolute Gasteiger partial charge is 0.356 e. The number of aromatic nitrogens is 3. The number of aromatic amines is 1. The molecule has 5 rings (SSSR count). The fraction of sp³-hybridized carbons (Fsp3) is 0.548. The van der Waals surface area contributed by atoms with E-state index in [9.17, 15) is 31.5 Å². The molecule has 0 bridgehead atoms. The summed E-state index contributed by atoms with van der Waals surface area (Å²) in [7, 11) is 0. The molecule has 16 heteroatoms. The zero-order valence-electron chi connectivity index (χ0n) is 26.1. The Morgan fingerprint density at radius 2 is 1.66 bits per heavy atom. The van der Waals surface area contributed by atoms with Crippen LogP contribution in [-0.4, -0.2) is 58.2 Å². The molecule has 0 unspecified atom stereocenters. The number of nitrogens with zero attached hydrogens (tertiary/aromatic N) is 3. The molecule has 1 saturated carbocycles. The normalized spacial score (nSPS) is 19.6. The van der Waals surface area contributed by atoms with Crippen LogP contribution in [-0.2, 0) is 11.3 Å². The summed E-state index contributed by atoms with van der Waals surface area (Å²) in [6, 6.07) is 2.21. The lowest BCUT2D eigenvalue weighted by molar-refractivity contribution is -0.182. The Bertz CT molecular complexity index is 1640. The van der Waals surface area contributed by atoms with E-state index in [1.165, 1.54) is 6.07 Å². The molecule has 1 aromatic carbocycles. The Labute approximate surface area is 278 Å². The molecule has 2 amide bonds. The number of pyridine rings is 1. The number of piperidine rings is 1. The number of imidazole rings is 1. The number of hydrogen-bond acceptors (Lipinski definition) is 6. The number of H-pyrrole nitrogens is 1. The van der Waals surface area contributed by atoms with Crippen LogP contribution < -0.4 is 20.9 Å². The van der Waals surface area contributed by atoms with Crippen molar-refractivity contribution in [1.82, 2.24) is 25.6 Å². The second-order valence-corrected chi connectivity index (χ2v) is 13.9. The van der Waals surface area contributed by atoms with Gasteiger partial charge in [-0.3, -0.25) is 9.59 Å². The van der Waals surface area contributed by atoms with Gasteiger partial charge in [-0.2, -0.15) is 18.2 Å². The van der Waals surface area contributed by atoms with Gasteiger partial charge < -0.3 is 25.8 Å². The van der Waals surface area contributed by atoms with Crippen LogP contribution in [0.15, 0.2) is 12.1 Å². The number of halogens is 7. The van der Waals surface area contributed by atoms with E-state index in [2.05, 4.69) is 30.9 Å². The first-order chi connectivity index (χ1) is 22.0. The first-order valence-corrected chi connectivity index (χ1v) is 16.2. The van der Waals surface area contributed by atoms with Gasteiger partial charge in [-0.1, -0.05) is 44.0 Å². The molecule has 2 fully saturated rings. The maximum absolute atomic E-state index is 14.9. The minimum atomic E-state index is -4.27. The van der Waals surface area contributed by atoms with E-state index >= 15 is 0 Å². The average molecular weight is 705 g/mol. The predicted octanol–water partition coefficient (Wildman–Crippen LogP) is 7.60. The highest BCUT2D eigenvalue weighted by Gasteiger charge is 2.41. The molecule has 2 aromatic heterocycles. The minimum absolute atomic E-state index is 0.00920. The molecule has 0 radical (unpaired) electrons. The molecule has 47 heavy (non-hydrogen) atoms. The molecule has 0 spiro atoms. The van der Waals surface area contributed by atoms with Gasteiger partial charge in [-0.15, -0.1) is 0 Å². The molecular weight excluding hydrogens is 668 g/mol. The summed E-state index contributed by atoms with van der Waals surface area (Å²) in [5.74, 6) is -2.61. The first kappa shape index (κ1) is 34.9. The monoisotopic (exact) mass is 703 g/mol. The summed E-state index contributed by atoms with van der Waals surface area (Å²) in [6.07, 6.45) is -4.55. The minimum Gasteiger partial charge on any atom is -0.356 e. The summed E-state index contributed by atoms with van der Waals surface area (Å²) in [5.41, 5.74) is 0.247. The van der Waals surface area contributed by atoms with Gasteiger partial charge in [0.25, 0.3) is 5.91 Å². The molecule has 256 valence electrons. The Kier molecular flexibility index (Phi) is 10.1. The molecular formula is C31H36Cl2F5N7O2. The van der Waals surface area contributed by atoms with Gasteiger partial charge in [0.15, 0.2) is 5.65 Å². The molecule has 3 heterocycles. The molecule has 4 N–H and O–H groups in total. The molecule has 2 aliphatic rings. The number of carbonyl (C=O) groups excluding carboxylic acids is 2. The van der Waals surface area contributed by atoms with Crippen LogP contribution in [0.25, 0.3) is 11.2 Å². The third kappa shape index (κ3) is 8.02. The number of amides is 2. The van der Waals surface area contributed by atoms with Crippen molar-refractivity contribution in [3.63, 3.8) is 0 Å². The van der Waals surface area contributed by atoms with E-state index < -0.39 is 41.4 Å². The number of anilines is 3. The summed E-state index contributed by atoms with van der Waals surface area (Å²) < 4.78 is 68.3. The fourth-order valence-corrected chi connectivity index (χ4v) is 6.25. The lowest BCUT2D eigenvalue weighted by atomic mass is 9.85.